The summed E-state index contributed by atoms with van der Waals surface area (Å²) < 4.78 is 1.99. The molecule has 0 unspecified atom stereocenters. The summed E-state index contributed by atoms with van der Waals surface area (Å²) in [6, 6.07) is 5.87. The SMILES string of the molecule is CN1CC[C@@H]2CN(c3nnc4ccccn34)C[C@@H]2C1=O. The van der Waals surface area contributed by atoms with E-state index in [9.17, 15) is 4.79 Å². The number of aromatic nitrogens is 3. The number of rotatable bonds is 1. The fourth-order valence-corrected chi connectivity index (χ4v) is 3.40. The smallest absolute Gasteiger partial charge is 0.231 e. The zero-order valence-corrected chi connectivity index (χ0v) is 11.4. The molecule has 2 aliphatic rings. The number of anilines is 1. The van der Waals surface area contributed by atoms with Crippen LogP contribution in [0.15, 0.2) is 24.4 Å². The van der Waals surface area contributed by atoms with E-state index in [4.69, 9.17) is 0 Å². The quantitative estimate of drug-likeness (QED) is 0.764. The lowest BCUT2D eigenvalue weighted by Crippen LogP contribution is -2.42. The monoisotopic (exact) mass is 271 g/mol. The van der Waals surface area contributed by atoms with Crippen LogP contribution in [0.5, 0.6) is 0 Å². The molecule has 104 valence electrons. The Labute approximate surface area is 117 Å². The van der Waals surface area contributed by atoms with E-state index in [0.29, 0.717) is 5.92 Å². The van der Waals surface area contributed by atoms with Gasteiger partial charge in [-0.05, 0) is 24.5 Å². The summed E-state index contributed by atoms with van der Waals surface area (Å²) in [5, 5.41) is 8.48. The molecular weight excluding hydrogens is 254 g/mol. The van der Waals surface area contributed by atoms with Crippen LogP contribution in [0.25, 0.3) is 5.65 Å². The Hall–Kier alpha value is -2.11. The lowest BCUT2D eigenvalue weighted by Gasteiger charge is -2.30. The molecule has 2 aromatic heterocycles. The number of hydrogen-bond donors (Lipinski definition) is 0. The number of piperidine rings is 1. The molecule has 0 saturated carbocycles. The van der Waals surface area contributed by atoms with Crippen molar-refractivity contribution in [2.24, 2.45) is 11.8 Å². The van der Waals surface area contributed by atoms with Crippen molar-refractivity contribution in [3.8, 4) is 0 Å². The van der Waals surface area contributed by atoms with Crippen molar-refractivity contribution in [3.63, 3.8) is 0 Å². The number of hydrogen-bond acceptors (Lipinski definition) is 4. The molecule has 2 aliphatic heterocycles. The Balaban J connectivity index is 1.66. The van der Waals surface area contributed by atoms with Gasteiger partial charge in [-0.1, -0.05) is 6.07 Å². The molecule has 2 aromatic rings. The molecule has 2 fully saturated rings. The first-order valence-corrected chi connectivity index (χ1v) is 7.04. The highest BCUT2D eigenvalue weighted by atomic mass is 16.2. The summed E-state index contributed by atoms with van der Waals surface area (Å²) in [6.07, 6.45) is 3.06. The van der Waals surface area contributed by atoms with Crippen LogP contribution in [0, 0.1) is 11.8 Å². The summed E-state index contributed by atoms with van der Waals surface area (Å²) in [4.78, 5) is 16.3. The number of likely N-dealkylation sites (tertiary alicyclic amines) is 1. The summed E-state index contributed by atoms with van der Waals surface area (Å²) in [5.74, 6) is 1.70. The Morgan fingerprint density at radius 1 is 1.25 bits per heavy atom. The molecule has 4 rings (SSSR count). The third-order valence-electron chi connectivity index (χ3n) is 4.55. The molecule has 6 heteroatoms. The average Bonchev–Trinajstić information content (AvgIpc) is 3.06. The van der Waals surface area contributed by atoms with Gasteiger partial charge in [-0.25, -0.2) is 0 Å². The zero-order valence-electron chi connectivity index (χ0n) is 11.4. The fraction of sp³-hybridized carbons (Fsp3) is 0.500. The summed E-state index contributed by atoms with van der Waals surface area (Å²) >= 11 is 0. The highest BCUT2D eigenvalue weighted by molar-refractivity contribution is 5.81. The van der Waals surface area contributed by atoms with Crippen molar-refractivity contribution in [3.05, 3.63) is 24.4 Å². The van der Waals surface area contributed by atoms with E-state index < -0.39 is 0 Å². The molecule has 2 atom stereocenters. The van der Waals surface area contributed by atoms with Gasteiger partial charge in [0.05, 0.1) is 5.92 Å². The first kappa shape index (κ1) is 11.7. The maximum absolute atomic E-state index is 12.2. The van der Waals surface area contributed by atoms with Crippen molar-refractivity contribution < 1.29 is 4.79 Å². The van der Waals surface area contributed by atoms with Gasteiger partial charge < -0.3 is 9.80 Å². The summed E-state index contributed by atoms with van der Waals surface area (Å²) in [7, 11) is 1.90. The van der Waals surface area contributed by atoms with Crippen LogP contribution in [0.1, 0.15) is 6.42 Å². The number of amides is 1. The van der Waals surface area contributed by atoms with Gasteiger partial charge in [0, 0.05) is 32.9 Å². The van der Waals surface area contributed by atoms with E-state index in [-0.39, 0.29) is 11.8 Å². The highest BCUT2D eigenvalue weighted by Crippen LogP contribution is 2.33. The van der Waals surface area contributed by atoms with Gasteiger partial charge in [-0.2, -0.15) is 0 Å². The van der Waals surface area contributed by atoms with E-state index in [1.54, 1.807) is 0 Å². The molecule has 0 aliphatic carbocycles. The third kappa shape index (κ3) is 1.60. The van der Waals surface area contributed by atoms with E-state index in [2.05, 4.69) is 15.1 Å². The first-order chi connectivity index (χ1) is 9.74. The van der Waals surface area contributed by atoms with Crippen LogP contribution in [0.2, 0.25) is 0 Å². The Morgan fingerprint density at radius 3 is 3.05 bits per heavy atom. The predicted molar refractivity (Wildman–Crippen MR) is 74.4 cm³/mol. The van der Waals surface area contributed by atoms with Crippen LogP contribution in [-0.2, 0) is 4.79 Å². The van der Waals surface area contributed by atoms with Gasteiger partial charge in [0.15, 0.2) is 5.65 Å². The molecule has 0 radical (unpaired) electrons. The van der Waals surface area contributed by atoms with Crippen molar-refractivity contribution in [2.75, 3.05) is 31.6 Å². The molecule has 20 heavy (non-hydrogen) atoms. The molecule has 0 bridgehead atoms. The number of pyridine rings is 1. The van der Waals surface area contributed by atoms with Gasteiger partial charge in [-0.3, -0.25) is 9.20 Å². The summed E-state index contributed by atoms with van der Waals surface area (Å²) in [5.41, 5.74) is 0.848. The summed E-state index contributed by atoms with van der Waals surface area (Å²) in [6.45, 7) is 2.53. The van der Waals surface area contributed by atoms with Crippen LogP contribution < -0.4 is 4.90 Å². The van der Waals surface area contributed by atoms with Crippen molar-refractivity contribution in [1.82, 2.24) is 19.5 Å². The number of carbonyl (C=O) groups excluding carboxylic acids is 1. The molecule has 2 saturated heterocycles. The molecule has 6 nitrogen and oxygen atoms in total. The van der Waals surface area contributed by atoms with Gasteiger partial charge in [-0.15, -0.1) is 10.2 Å². The average molecular weight is 271 g/mol. The molecule has 0 spiro atoms. The molecule has 0 aromatic carbocycles. The standard InChI is InChI=1S/C14H17N5O/c1-17-7-5-10-8-18(9-11(10)13(17)20)14-16-15-12-4-2-3-6-19(12)14/h2-4,6,10-11H,5,7-9H2,1H3/t10-,11+/m1/s1. The second kappa shape index (κ2) is 4.19. The van der Waals surface area contributed by atoms with Gasteiger partial charge in [0.1, 0.15) is 0 Å². The van der Waals surface area contributed by atoms with Crippen LogP contribution in [-0.4, -0.2) is 52.1 Å². The van der Waals surface area contributed by atoms with Crippen molar-refractivity contribution in [2.45, 2.75) is 6.42 Å². The van der Waals surface area contributed by atoms with Gasteiger partial charge in [0.2, 0.25) is 11.9 Å². The van der Waals surface area contributed by atoms with Gasteiger partial charge >= 0.3 is 0 Å². The fourth-order valence-electron chi connectivity index (χ4n) is 3.40. The molecule has 0 N–H and O–H groups in total. The first-order valence-electron chi connectivity index (χ1n) is 7.04. The molecular formula is C14H17N5O. The van der Waals surface area contributed by atoms with Crippen LogP contribution in [0.4, 0.5) is 5.95 Å². The second-order valence-electron chi connectivity index (χ2n) is 5.75. The molecule has 4 heterocycles. The minimum absolute atomic E-state index is 0.116. The predicted octanol–water partition coefficient (Wildman–Crippen LogP) is 0.644. The number of carbonyl (C=O) groups is 1. The molecule has 1 amide bonds. The van der Waals surface area contributed by atoms with E-state index in [1.165, 1.54) is 0 Å². The largest absolute Gasteiger partial charge is 0.345 e. The van der Waals surface area contributed by atoms with Gasteiger partial charge in [0.25, 0.3) is 0 Å². The maximum Gasteiger partial charge on any atom is 0.231 e. The second-order valence-corrected chi connectivity index (χ2v) is 5.75. The lowest BCUT2D eigenvalue weighted by atomic mass is 9.88. The van der Waals surface area contributed by atoms with Crippen LogP contribution in [0.3, 0.4) is 0 Å². The lowest BCUT2D eigenvalue weighted by molar-refractivity contribution is -0.137. The van der Waals surface area contributed by atoms with Crippen LogP contribution >= 0.6 is 0 Å². The maximum atomic E-state index is 12.2. The Kier molecular flexibility index (Phi) is 2.45. The van der Waals surface area contributed by atoms with E-state index in [1.807, 2.05) is 40.7 Å². The van der Waals surface area contributed by atoms with E-state index in [0.717, 1.165) is 37.7 Å². The zero-order chi connectivity index (χ0) is 13.7. The third-order valence-corrected chi connectivity index (χ3v) is 4.55. The number of fused-ring (bicyclic) bond motifs is 2. The van der Waals surface area contributed by atoms with E-state index >= 15 is 0 Å². The number of nitrogens with zero attached hydrogens (tertiary/aromatic N) is 5. The Bertz CT molecular complexity index is 666. The minimum Gasteiger partial charge on any atom is -0.345 e. The normalized spacial score (nSPS) is 26.4. The Morgan fingerprint density at radius 2 is 2.15 bits per heavy atom. The minimum atomic E-state index is 0.116. The highest BCUT2D eigenvalue weighted by Gasteiger charge is 2.42. The van der Waals surface area contributed by atoms with Crippen molar-refractivity contribution >= 4 is 17.5 Å². The van der Waals surface area contributed by atoms with Crippen molar-refractivity contribution in [1.29, 1.82) is 0 Å². The topological polar surface area (TPSA) is 53.7 Å².